The zero-order valence-electron chi connectivity index (χ0n) is 11.2. The maximum atomic E-state index is 4.98. The molecular formula is C14H28N2O. The molecule has 0 aliphatic heterocycles. The molecule has 0 aromatic rings. The molecule has 3 nitrogen and oxygen atoms in total. The third kappa shape index (κ3) is 4.23. The molecule has 2 fully saturated rings. The molecule has 2 aliphatic carbocycles. The lowest BCUT2D eigenvalue weighted by Gasteiger charge is -2.21. The molecule has 0 spiro atoms. The number of hydrogen-bond acceptors (Lipinski definition) is 3. The summed E-state index contributed by atoms with van der Waals surface area (Å²) in [6.07, 6.45) is 7.52. The first kappa shape index (κ1) is 13.3. The SMILES string of the molecule is COCCNCCNCCC1CC2CCC1C2. The summed E-state index contributed by atoms with van der Waals surface area (Å²) >= 11 is 0. The van der Waals surface area contributed by atoms with Crippen molar-refractivity contribution >= 4 is 0 Å². The molecule has 0 saturated heterocycles. The van der Waals surface area contributed by atoms with Crippen LogP contribution in [0, 0.1) is 17.8 Å². The summed E-state index contributed by atoms with van der Waals surface area (Å²) in [4.78, 5) is 0. The van der Waals surface area contributed by atoms with Gasteiger partial charge in [-0.25, -0.2) is 0 Å². The molecule has 2 N–H and O–H groups in total. The van der Waals surface area contributed by atoms with Crippen LogP contribution in [0.5, 0.6) is 0 Å². The minimum absolute atomic E-state index is 0.811. The van der Waals surface area contributed by atoms with Crippen molar-refractivity contribution in [3.05, 3.63) is 0 Å². The van der Waals surface area contributed by atoms with E-state index in [0.717, 1.165) is 44.0 Å². The van der Waals surface area contributed by atoms with Crippen molar-refractivity contribution in [1.82, 2.24) is 10.6 Å². The average Bonchev–Trinajstić information content (AvgIpc) is 2.94. The van der Waals surface area contributed by atoms with E-state index < -0.39 is 0 Å². The third-order valence-corrected chi connectivity index (χ3v) is 4.54. The van der Waals surface area contributed by atoms with Gasteiger partial charge in [0.15, 0.2) is 0 Å². The highest BCUT2D eigenvalue weighted by molar-refractivity contribution is 4.89. The highest BCUT2D eigenvalue weighted by Crippen LogP contribution is 2.49. The third-order valence-electron chi connectivity index (χ3n) is 4.54. The Morgan fingerprint density at radius 2 is 1.82 bits per heavy atom. The van der Waals surface area contributed by atoms with Crippen molar-refractivity contribution in [3.8, 4) is 0 Å². The topological polar surface area (TPSA) is 33.3 Å². The number of fused-ring (bicyclic) bond motifs is 2. The van der Waals surface area contributed by atoms with E-state index in [-0.39, 0.29) is 0 Å². The van der Waals surface area contributed by atoms with Gasteiger partial charge in [0.25, 0.3) is 0 Å². The van der Waals surface area contributed by atoms with Crippen molar-refractivity contribution < 1.29 is 4.74 Å². The lowest BCUT2D eigenvalue weighted by Crippen LogP contribution is -2.30. The number of nitrogens with one attached hydrogen (secondary N) is 2. The van der Waals surface area contributed by atoms with Gasteiger partial charge in [-0.2, -0.15) is 0 Å². The standard InChI is InChI=1S/C14H28N2O/c1-17-9-8-16-7-6-15-5-4-14-11-12-2-3-13(14)10-12/h12-16H,2-11H2,1H3. The molecule has 2 aliphatic rings. The maximum Gasteiger partial charge on any atom is 0.0587 e. The molecule has 2 rings (SSSR count). The molecule has 3 atom stereocenters. The Bertz CT molecular complexity index is 210. The van der Waals surface area contributed by atoms with Crippen LogP contribution in [0.15, 0.2) is 0 Å². The average molecular weight is 240 g/mol. The van der Waals surface area contributed by atoms with E-state index in [1.54, 1.807) is 13.5 Å². The van der Waals surface area contributed by atoms with E-state index in [4.69, 9.17) is 4.74 Å². The molecule has 2 saturated carbocycles. The van der Waals surface area contributed by atoms with Crippen LogP contribution in [-0.2, 0) is 4.74 Å². The van der Waals surface area contributed by atoms with Crippen LogP contribution in [0.4, 0.5) is 0 Å². The Kier molecular flexibility index (Phi) is 5.75. The minimum atomic E-state index is 0.811. The van der Waals surface area contributed by atoms with E-state index in [2.05, 4.69) is 10.6 Å². The molecule has 3 unspecified atom stereocenters. The second-order valence-corrected chi connectivity index (χ2v) is 5.72. The summed E-state index contributed by atoms with van der Waals surface area (Å²) in [5, 5.41) is 6.90. The van der Waals surface area contributed by atoms with E-state index in [1.807, 2.05) is 0 Å². The summed E-state index contributed by atoms with van der Waals surface area (Å²) < 4.78 is 4.98. The smallest absolute Gasteiger partial charge is 0.0587 e. The van der Waals surface area contributed by atoms with Crippen LogP contribution in [0.1, 0.15) is 32.1 Å². The fraction of sp³-hybridized carbons (Fsp3) is 1.00. The molecule has 2 bridgehead atoms. The zero-order chi connectivity index (χ0) is 11.9. The van der Waals surface area contributed by atoms with Gasteiger partial charge in [-0.1, -0.05) is 6.42 Å². The van der Waals surface area contributed by atoms with Gasteiger partial charge >= 0.3 is 0 Å². The van der Waals surface area contributed by atoms with Crippen molar-refractivity contribution in [3.63, 3.8) is 0 Å². The Balaban J connectivity index is 1.39. The van der Waals surface area contributed by atoms with Crippen molar-refractivity contribution in [2.24, 2.45) is 17.8 Å². The molecule has 3 heteroatoms. The van der Waals surface area contributed by atoms with Gasteiger partial charge in [0.05, 0.1) is 6.61 Å². The fourth-order valence-corrected chi connectivity index (χ4v) is 3.62. The lowest BCUT2D eigenvalue weighted by molar-refractivity contribution is 0.199. The molecule has 0 aromatic carbocycles. The summed E-state index contributed by atoms with van der Waals surface area (Å²) in [7, 11) is 1.75. The quantitative estimate of drug-likeness (QED) is 0.601. The molecule has 100 valence electrons. The minimum Gasteiger partial charge on any atom is -0.383 e. The number of methoxy groups -OCH3 is 1. The Hall–Kier alpha value is -0.120. The van der Waals surface area contributed by atoms with Gasteiger partial charge in [0.1, 0.15) is 0 Å². The predicted octanol–water partition coefficient (Wildman–Crippen LogP) is 1.64. The van der Waals surface area contributed by atoms with Crippen LogP contribution in [0.2, 0.25) is 0 Å². The summed E-state index contributed by atoms with van der Waals surface area (Å²) in [5.41, 5.74) is 0. The largest absolute Gasteiger partial charge is 0.383 e. The van der Waals surface area contributed by atoms with Gasteiger partial charge in [0, 0.05) is 26.7 Å². The van der Waals surface area contributed by atoms with Gasteiger partial charge in [-0.05, 0) is 50.0 Å². The zero-order valence-corrected chi connectivity index (χ0v) is 11.2. The van der Waals surface area contributed by atoms with E-state index in [9.17, 15) is 0 Å². The Morgan fingerprint density at radius 3 is 2.47 bits per heavy atom. The van der Waals surface area contributed by atoms with Crippen LogP contribution in [0.3, 0.4) is 0 Å². The Labute approximate surface area is 106 Å². The van der Waals surface area contributed by atoms with E-state index >= 15 is 0 Å². The second kappa shape index (κ2) is 7.34. The highest BCUT2D eigenvalue weighted by atomic mass is 16.5. The van der Waals surface area contributed by atoms with E-state index in [0.29, 0.717) is 0 Å². The normalized spacial score (nSPS) is 31.2. The predicted molar refractivity (Wildman–Crippen MR) is 71.2 cm³/mol. The van der Waals surface area contributed by atoms with Crippen molar-refractivity contribution in [2.45, 2.75) is 32.1 Å². The van der Waals surface area contributed by atoms with Crippen LogP contribution >= 0.6 is 0 Å². The number of ether oxygens (including phenoxy) is 1. The first-order valence-corrected chi connectivity index (χ1v) is 7.30. The summed E-state index contributed by atoms with van der Waals surface area (Å²) in [6.45, 7) is 5.13. The van der Waals surface area contributed by atoms with Crippen molar-refractivity contribution in [1.29, 1.82) is 0 Å². The lowest BCUT2D eigenvalue weighted by atomic mass is 9.86. The monoisotopic (exact) mass is 240 g/mol. The maximum absolute atomic E-state index is 4.98. The van der Waals surface area contributed by atoms with Gasteiger partial charge < -0.3 is 15.4 Å². The number of hydrogen-bond donors (Lipinski definition) is 2. The fourth-order valence-electron chi connectivity index (χ4n) is 3.62. The highest BCUT2D eigenvalue weighted by Gasteiger charge is 2.38. The molecule has 0 radical (unpaired) electrons. The van der Waals surface area contributed by atoms with Crippen molar-refractivity contribution in [2.75, 3.05) is 39.9 Å². The van der Waals surface area contributed by atoms with Gasteiger partial charge in [-0.3, -0.25) is 0 Å². The molecule has 0 amide bonds. The van der Waals surface area contributed by atoms with E-state index in [1.165, 1.54) is 32.2 Å². The first-order chi connectivity index (χ1) is 8.40. The van der Waals surface area contributed by atoms with Gasteiger partial charge in [-0.15, -0.1) is 0 Å². The number of rotatable bonds is 9. The molecular weight excluding hydrogens is 212 g/mol. The summed E-state index contributed by atoms with van der Waals surface area (Å²) in [6, 6.07) is 0. The second-order valence-electron chi connectivity index (χ2n) is 5.72. The molecule has 0 heterocycles. The first-order valence-electron chi connectivity index (χ1n) is 7.30. The molecule has 17 heavy (non-hydrogen) atoms. The van der Waals surface area contributed by atoms with Crippen LogP contribution in [0.25, 0.3) is 0 Å². The van der Waals surface area contributed by atoms with Crippen LogP contribution in [-0.4, -0.2) is 39.9 Å². The summed E-state index contributed by atoms with van der Waals surface area (Å²) in [5.74, 6) is 3.23. The van der Waals surface area contributed by atoms with Crippen LogP contribution < -0.4 is 10.6 Å². The Morgan fingerprint density at radius 1 is 1.00 bits per heavy atom. The molecule has 0 aromatic heterocycles. The van der Waals surface area contributed by atoms with Gasteiger partial charge in [0.2, 0.25) is 0 Å².